The third kappa shape index (κ3) is 2.25. The Morgan fingerprint density at radius 2 is 2.36 bits per heavy atom. The van der Waals surface area contributed by atoms with Gasteiger partial charge in [-0.15, -0.1) is 0 Å². The van der Waals surface area contributed by atoms with Crippen LogP contribution >= 0.6 is 0 Å². The number of rotatable bonds is 2. The summed E-state index contributed by atoms with van der Waals surface area (Å²) in [5, 5.41) is 9.30. The third-order valence-corrected chi connectivity index (χ3v) is 2.63. The summed E-state index contributed by atoms with van der Waals surface area (Å²) in [6, 6.07) is 7.74. The molecule has 0 unspecified atom stereocenters. The number of hydrogen-bond acceptors (Lipinski definition) is 3. The molecular weight excluding hydrogens is 176 g/mol. The van der Waals surface area contributed by atoms with Crippen LogP contribution in [0, 0.1) is 0 Å². The van der Waals surface area contributed by atoms with Crippen molar-refractivity contribution < 1.29 is 5.11 Å². The lowest BCUT2D eigenvalue weighted by Gasteiger charge is -2.14. The number of phenols is 1. The van der Waals surface area contributed by atoms with Gasteiger partial charge in [0.25, 0.3) is 0 Å². The van der Waals surface area contributed by atoms with Gasteiger partial charge in [0.05, 0.1) is 0 Å². The first kappa shape index (κ1) is 9.49. The normalized spacial score (nSPS) is 22.8. The Labute approximate surface area is 84.1 Å². The van der Waals surface area contributed by atoms with E-state index in [-0.39, 0.29) is 0 Å². The van der Waals surface area contributed by atoms with Crippen LogP contribution in [0.3, 0.4) is 0 Å². The molecule has 14 heavy (non-hydrogen) atoms. The number of phenolic OH excluding ortho intramolecular Hbond substituents is 1. The lowest BCUT2D eigenvalue weighted by atomic mass is 10.2. The highest BCUT2D eigenvalue weighted by atomic mass is 16.3. The minimum Gasteiger partial charge on any atom is -0.508 e. The van der Waals surface area contributed by atoms with Gasteiger partial charge in [0, 0.05) is 25.7 Å². The van der Waals surface area contributed by atoms with Crippen LogP contribution in [0.1, 0.15) is 12.0 Å². The molecule has 3 nitrogen and oxygen atoms in total. The fourth-order valence-corrected chi connectivity index (χ4v) is 1.92. The second kappa shape index (κ2) is 3.98. The van der Waals surface area contributed by atoms with Crippen LogP contribution in [0.25, 0.3) is 0 Å². The first-order valence-electron chi connectivity index (χ1n) is 5.00. The standard InChI is InChI=1S/C11H16N2O/c12-10-4-5-13(8-10)7-9-2-1-3-11(14)6-9/h1-3,6,10,14H,4-5,7-8,12H2/t10-/m1/s1. The molecule has 0 aromatic heterocycles. The summed E-state index contributed by atoms with van der Waals surface area (Å²) in [6.45, 7) is 2.93. The van der Waals surface area contributed by atoms with Crippen LogP contribution in [0.4, 0.5) is 0 Å². The first-order chi connectivity index (χ1) is 6.74. The van der Waals surface area contributed by atoms with Gasteiger partial charge in [0.2, 0.25) is 0 Å². The Hall–Kier alpha value is -1.06. The topological polar surface area (TPSA) is 49.5 Å². The van der Waals surface area contributed by atoms with Crippen molar-refractivity contribution in [2.75, 3.05) is 13.1 Å². The number of hydrogen-bond donors (Lipinski definition) is 2. The Balaban J connectivity index is 1.97. The van der Waals surface area contributed by atoms with Crippen LogP contribution in [0.5, 0.6) is 5.75 Å². The molecule has 0 bridgehead atoms. The number of benzene rings is 1. The highest BCUT2D eigenvalue weighted by molar-refractivity contribution is 5.27. The molecule has 0 amide bonds. The van der Waals surface area contributed by atoms with Crippen LogP contribution in [-0.2, 0) is 6.54 Å². The molecule has 0 aliphatic carbocycles. The Bertz CT molecular complexity index is 314. The lowest BCUT2D eigenvalue weighted by Crippen LogP contribution is -2.26. The van der Waals surface area contributed by atoms with Gasteiger partial charge in [-0.2, -0.15) is 0 Å². The van der Waals surface area contributed by atoms with Gasteiger partial charge in [-0.3, -0.25) is 4.90 Å². The minimum atomic E-state index is 0.326. The molecule has 1 atom stereocenters. The fourth-order valence-electron chi connectivity index (χ4n) is 1.92. The number of nitrogens with zero attached hydrogens (tertiary/aromatic N) is 1. The van der Waals surface area contributed by atoms with Crippen molar-refractivity contribution in [2.45, 2.75) is 19.0 Å². The summed E-state index contributed by atoms with van der Waals surface area (Å²) in [7, 11) is 0. The number of likely N-dealkylation sites (tertiary alicyclic amines) is 1. The summed E-state index contributed by atoms with van der Waals surface area (Å²) in [6.07, 6.45) is 1.08. The molecule has 1 fully saturated rings. The Morgan fingerprint density at radius 1 is 1.50 bits per heavy atom. The van der Waals surface area contributed by atoms with E-state index in [4.69, 9.17) is 5.73 Å². The van der Waals surface area contributed by atoms with E-state index < -0.39 is 0 Å². The maximum atomic E-state index is 9.30. The highest BCUT2D eigenvalue weighted by Crippen LogP contribution is 2.15. The molecule has 1 aliphatic rings. The molecule has 76 valence electrons. The van der Waals surface area contributed by atoms with Crippen molar-refractivity contribution in [3.8, 4) is 5.75 Å². The van der Waals surface area contributed by atoms with Gasteiger partial charge in [-0.25, -0.2) is 0 Å². The number of nitrogens with two attached hydrogens (primary N) is 1. The van der Waals surface area contributed by atoms with Gasteiger partial charge in [0.15, 0.2) is 0 Å². The zero-order valence-corrected chi connectivity index (χ0v) is 8.19. The molecule has 2 rings (SSSR count). The molecule has 3 N–H and O–H groups in total. The van der Waals surface area contributed by atoms with Crippen molar-refractivity contribution in [3.05, 3.63) is 29.8 Å². The first-order valence-corrected chi connectivity index (χ1v) is 5.00. The summed E-state index contributed by atoms with van der Waals surface area (Å²) < 4.78 is 0. The van der Waals surface area contributed by atoms with E-state index in [1.165, 1.54) is 0 Å². The van der Waals surface area contributed by atoms with E-state index in [1.807, 2.05) is 18.2 Å². The Kier molecular flexibility index (Phi) is 2.70. The third-order valence-electron chi connectivity index (χ3n) is 2.63. The quantitative estimate of drug-likeness (QED) is 0.732. The highest BCUT2D eigenvalue weighted by Gasteiger charge is 2.18. The van der Waals surface area contributed by atoms with Gasteiger partial charge in [0.1, 0.15) is 5.75 Å². The van der Waals surface area contributed by atoms with Crippen molar-refractivity contribution >= 4 is 0 Å². The summed E-state index contributed by atoms with van der Waals surface area (Å²) in [4.78, 5) is 2.32. The van der Waals surface area contributed by atoms with Crippen LogP contribution in [0.15, 0.2) is 24.3 Å². The molecule has 1 aromatic carbocycles. The molecular formula is C11H16N2O. The summed E-state index contributed by atoms with van der Waals surface area (Å²) in [5.74, 6) is 0.339. The van der Waals surface area contributed by atoms with E-state index >= 15 is 0 Å². The van der Waals surface area contributed by atoms with Crippen molar-refractivity contribution in [1.82, 2.24) is 4.90 Å². The smallest absolute Gasteiger partial charge is 0.115 e. The molecule has 1 aliphatic heterocycles. The van der Waals surface area contributed by atoms with Crippen LogP contribution in [0.2, 0.25) is 0 Å². The van der Waals surface area contributed by atoms with Gasteiger partial charge < -0.3 is 10.8 Å². The Morgan fingerprint density at radius 3 is 3.00 bits per heavy atom. The van der Waals surface area contributed by atoms with Crippen molar-refractivity contribution in [1.29, 1.82) is 0 Å². The van der Waals surface area contributed by atoms with Crippen LogP contribution in [-0.4, -0.2) is 29.1 Å². The second-order valence-electron chi connectivity index (χ2n) is 3.95. The maximum Gasteiger partial charge on any atom is 0.115 e. The maximum absolute atomic E-state index is 9.30. The monoisotopic (exact) mass is 192 g/mol. The molecule has 0 spiro atoms. The molecule has 3 heteroatoms. The largest absolute Gasteiger partial charge is 0.508 e. The zero-order valence-electron chi connectivity index (χ0n) is 8.19. The van der Waals surface area contributed by atoms with Crippen molar-refractivity contribution in [2.24, 2.45) is 5.73 Å². The average Bonchev–Trinajstić information content (AvgIpc) is 2.51. The zero-order chi connectivity index (χ0) is 9.97. The van der Waals surface area contributed by atoms with Crippen molar-refractivity contribution in [3.63, 3.8) is 0 Å². The summed E-state index contributed by atoms with van der Waals surface area (Å²) >= 11 is 0. The second-order valence-corrected chi connectivity index (χ2v) is 3.95. The van der Waals surface area contributed by atoms with Crippen LogP contribution < -0.4 is 5.73 Å². The average molecular weight is 192 g/mol. The molecule has 1 aromatic rings. The van der Waals surface area contributed by atoms with Gasteiger partial charge >= 0.3 is 0 Å². The lowest BCUT2D eigenvalue weighted by molar-refractivity contribution is 0.326. The van der Waals surface area contributed by atoms with Gasteiger partial charge in [-0.05, 0) is 24.1 Å². The van der Waals surface area contributed by atoms with E-state index in [1.54, 1.807) is 6.07 Å². The minimum absolute atomic E-state index is 0.326. The van der Waals surface area contributed by atoms with E-state index in [9.17, 15) is 5.11 Å². The van der Waals surface area contributed by atoms with E-state index in [0.29, 0.717) is 11.8 Å². The molecule has 1 heterocycles. The SMILES string of the molecule is N[C@@H]1CCN(Cc2cccc(O)c2)C1. The number of aromatic hydroxyl groups is 1. The molecule has 0 saturated carbocycles. The van der Waals surface area contributed by atoms with E-state index in [2.05, 4.69) is 4.90 Å². The van der Waals surface area contributed by atoms with E-state index in [0.717, 1.165) is 31.6 Å². The van der Waals surface area contributed by atoms with Gasteiger partial charge in [-0.1, -0.05) is 12.1 Å². The predicted octanol–water partition coefficient (Wildman–Crippen LogP) is 0.925. The predicted molar refractivity (Wildman–Crippen MR) is 56.0 cm³/mol. The summed E-state index contributed by atoms with van der Waals surface area (Å²) in [5.41, 5.74) is 6.97. The fraction of sp³-hybridized carbons (Fsp3) is 0.455. The molecule has 0 radical (unpaired) electrons. The molecule has 1 saturated heterocycles.